The van der Waals surface area contributed by atoms with E-state index in [0.29, 0.717) is 6.54 Å². The lowest BCUT2D eigenvalue weighted by Crippen LogP contribution is -2.41. The monoisotopic (exact) mass is 255 g/mol. The topological polar surface area (TPSA) is 58.8 Å². The van der Waals surface area contributed by atoms with E-state index in [1.54, 1.807) is 0 Å². The third-order valence-electron chi connectivity index (χ3n) is 3.85. The van der Waals surface area contributed by atoms with Crippen LogP contribution in [0.3, 0.4) is 0 Å². The van der Waals surface area contributed by atoms with Crippen molar-refractivity contribution in [3.8, 4) is 0 Å². The van der Waals surface area contributed by atoms with E-state index in [9.17, 15) is 4.79 Å². The molecule has 2 fully saturated rings. The van der Waals surface area contributed by atoms with Crippen LogP contribution in [0.25, 0.3) is 0 Å². The summed E-state index contributed by atoms with van der Waals surface area (Å²) in [6.07, 6.45) is 2.96. The van der Waals surface area contributed by atoms with Crippen LogP contribution in [0.4, 0.5) is 0 Å². The van der Waals surface area contributed by atoms with Crippen molar-refractivity contribution >= 4 is 5.91 Å². The molecule has 2 N–H and O–H groups in total. The molecule has 2 saturated heterocycles. The summed E-state index contributed by atoms with van der Waals surface area (Å²) in [6.45, 7) is 7.31. The summed E-state index contributed by atoms with van der Waals surface area (Å²) in [5, 5.41) is 0. The molecule has 104 valence electrons. The van der Waals surface area contributed by atoms with Gasteiger partial charge in [0.05, 0.1) is 6.10 Å². The molecule has 0 bridgehead atoms. The van der Waals surface area contributed by atoms with Crippen LogP contribution < -0.4 is 5.73 Å². The Morgan fingerprint density at radius 2 is 2.11 bits per heavy atom. The standard InChI is InChI=1S/C13H25N3O2/c1-11-3-4-12(18-11)13(17)16-7-2-6-15(8-5-14)9-10-16/h11-12H,2-10,14H2,1H3. The van der Waals surface area contributed by atoms with Crippen molar-refractivity contribution in [2.24, 2.45) is 5.73 Å². The first kappa shape index (κ1) is 13.8. The first-order valence-corrected chi connectivity index (χ1v) is 7.07. The molecular formula is C13H25N3O2. The first-order valence-electron chi connectivity index (χ1n) is 7.07. The molecule has 0 aromatic carbocycles. The molecule has 0 spiro atoms. The molecule has 1 amide bonds. The zero-order valence-corrected chi connectivity index (χ0v) is 11.3. The Hall–Kier alpha value is -0.650. The third-order valence-corrected chi connectivity index (χ3v) is 3.85. The van der Waals surface area contributed by atoms with Gasteiger partial charge in [-0.3, -0.25) is 4.79 Å². The smallest absolute Gasteiger partial charge is 0.251 e. The number of carbonyl (C=O) groups is 1. The summed E-state index contributed by atoms with van der Waals surface area (Å²) in [6, 6.07) is 0. The Balaban J connectivity index is 1.83. The van der Waals surface area contributed by atoms with Gasteiger partial charge in [0.25, 0.3) is 5.91 Å². The quantitative estimate of drug-likeness (QED) is 0.774. The second-order valence-electron chi connectivity index (χ2n) is 5.32. The highest BCUT2D eigenvalue weighted by Crippen LogP contribution is 2.21. The predicted molar refractivity (Wildman–Crippen MR) is 70.3 cm³/mol. The Labute approximate surface area is 109 Å². The van der Waals surface area contributed by atoms with Crippen LogP contribution in [-0.4, -0.2) is 67.2 Å². The first-order chi connectivity index (χ1) is 8.70. The van der Waals surface area contributed by atoms with E-state index in [4.69, 9.17) is 10.5 Å². The maximum atomic E-state index is 12.3. The number of ether oxygens (including phenoxy) is 1. The highest BCUT2D eigenvalue weighted by atomic mass is 16.5. The number of nitrogens with zero attached hydrogens (tertiary/aromatic N) is 2. The maximum absolute atomic E-state index is 12.3. The van der Waals surface area contributed by atoms with E-state index < -0.39 is 0 Å². The van der Waals surface area contributed by atoms with Crippen molar-refractivity contribution in [1.29, 1.82) is 0 Å². The van der Waals surface area contributed by atoms with E-state index in [0.717, 1.165) is 52.0 Å². The highest BCUT2D eigenvalue weighted by Gasteiger charge is 2.32. The van der Waals surface area contributed by atoms with Gasteiger partial charge >= 0.3 is 0 Å². The van der Waals surface area contributed by atoms with Crippen molar-refractivity contribution in [2.75, 3.05) is 39.3 Å². The van der Waals surface area contributed by atoms with Gasteiger partial charge in [-0.1, -0.05) is 0 Å². The summed E-state index contributed by atoms with van der Waals surface area (Å²) in [5.41, 5.74) is 5.58. The zero-order chi connectivity index (χ0) is 13.0. The van der Waals surface area contributed by atoms with Crippen molar-refractivity contribution in [3.63, 3.8) is 0 Å². The van der Waals surface area contributed by atoms with Gasteiger partial charge in [0.2, 0.25) is 0 Å². The number of nitrogens with two attached hydrogens (primary N) is 1. The van der Waals surface area contributed by atoms with Gasteiger partial charge in [-0.15, -0.1) is 0 Å². The summed E-state index contributed by atoms with van der Waals surface area (Å²) >= 11 is 0. The van der Waals surface area contributed by atoms with Crippen LogP contribution >= 0.6 is 0 Å². The van der Waals surface area contributed by atoms with Gasteiger partial charge in [0.1, 0.15) is 6.10 Å². The number of carbonyl (C=O) groups excluding carboxylic acids is 1. The molecule has 2 aliphatic rings. The molecule has 5 nitrogen and oxygen atoms in total. The minimum Gasteiger partial charge on any atom is -0.365 e. The average Bonchev–Trinajstić information content (AvgIpc) is 2.65. The van der Waals surface area contributed by atoms with Crippen LogP contribution in [0.1, 0.15) is 26.2 Å². The van der Waals surface area contributed by atoms with Gasteiger partial charge in [-0.25, -0.2) is 0 Å². The van der Waals surface area contributed by atoms with E-state index in [1.165, 1.54) is 0 Å². The van der Waals surface area contributed by atoms with E-state index in [1.807, 2.05) is 11.8 Å². The van der Waals surface area contributed by atoms with Gasteiger partial charge in [0, 0.05) is 32.7 Å². The zero-order valence-electron chi connectivity index (χ0n) is 11.3. The molecule has 0 radical (unpaired) electrons. The Morgan fingerprint density at radius 1 is 1.28 bits per heavy atom. The number of rotatable bonds is 3. The number of amides is 1. The van der Waals surface area contributed by atoms with E-state index in [-0.39, 0.29) is 18.1 Å². The normalized spacial score (nSPS) is 30.4. The van der Waals surface area contributed by atoms with Crippen LogP contribution in [0.2, 0.25) is 0 Å². The maximum Gasteiger partial charge on any atom is 0.251 e. The second kappa shape index (κ2) is 6.50. The minimum atomic E-state index is -0.193. The van der Waals surface area contributed by atoms with Crippen LogP contribution in [-0.2, 0) is 9.53 Å². The van der Waals surface area contributed by atoms with Gasteiger partial charge < -0.3 is 20.3 Å². The molecule has 2 aliphatic heterocycles. The van der Waals surface area contributed by atoms with Crippen molar-refractivity contribution < 1.29 is 9.53 Å². The molecule has 5 heteroatoms. The lowest BCUT2D eigenvalue weighted by Gasteiger charge is -2.24. The SMILES string of the molecule is CC1CCC(C(=O)N2CCCN(CCN)CC2)O1. The minimum absolute atomic E-state index is 0.189. The highest BCUT2D eigenvalue weighted by molar-refractivity contribution is 5.81. The van der Waals surface area contributed by atoms with Gasteiger partial charge in [-0.05, 0) is 32.7 Å². The van der Waals surface area contributed by atoms with Gasteiger partial charge in [0.15, 0.2) is 0 Å². The number of hydrogen-bond donors (Lipinski definition) is 1. The largest absolute Gasteiger partial charge is 0.365 e. The lowest BCUT2D eigenvalue weighted by atomic mass is 10.2. The van der Waals surface area contributed by atoms with Crippen LogP contribution in [0, 0.1) is 0 Å². The molecular weight excluding hydrogens is 230 g/mol. The summed E-state index contributed by atoms with van der Waals surface area (Å²) in [5.74, 6) is 0.189. The summed E-state index contributed by atoms with van der Waals surface area (Å²) in [4.78, 5) is 16.6. The van der Waals surface area contributed by atoms with Crippen molar-refractivity contribution in [3.05, 3.63) is 0 Å². The molecule has 2 heterocycles. The summed E-state index contributed by atoms with van der Waals surface area (Å²) in [7, 11) is 0. The fourth-order valence-electron chi connectivity index (χ4n) is 2.79. The average molecular weight is 255 g/mol. The van der Waals surface area contributed by atoms with Crippen LogP contribution in [0.5, 0.6) is 0 Å². The fraction of sp³-hybridized carbons (Fsp3) is 0.923. The molecule has 2 rings (SSSR count). The van der Waals surface area contributed by atoms with E-state index >= 15 is 0 Å². The molecule has 0 saturated carbocycles. The molecule has 0 aromatic heterocycles. The van der Waals surface area contributed by atoms with Crippen molar-refractivity contribution in [2.45, 2.75) is 38.4 Å². The molecule has 0 aliphatic carbocycles. The fourth-order valence-corrected chi connectivity index (χ4v) is 2.79. The lowest BCUT2D eigenvalue weighted by molar-refractivity contribution is -0.142. The third kappa shape index (κ3) is 3.43. The second-order valence-corrected chi connectivity index (χ2v) is 5.32. The molecule has 0 aromatic rings. The Morgan fingerprint density at radius 3 is 2.78 bits per heavy atom. The van der Waals surface area contributed by atoms with Crippen LogP contribution in [0.15, 0.2) is 0 Å². The number of hydrogen-bond acceptors (Lipinski definition) is 4. The van der Waals surface area contributed by atoms with Crippen molar-refractivity contribution in [1.82, 2.24) is 9.80 Å². The molecule has 18 heavy (non-hydrogen) atoms. The Bertz CT molecular complexity index is 285. The molecule has 2 atom stereocenters. The Kier molecular flexibility index (Phi) is 4.97. The van der Waals surface area contributed by atoms with E-state index in [2.05, 4.69) is 4.90 Å². The van der Waals surface area contributed by atoms with Gasteiger partial charge in [-0.2, -0.15) is 0 Å². The molecule has 2 unspecified atom stereocenters. The predicted octanol–water partition coefficient (Wildman–Crippen LogP) is 0.0469. The summed E-state index contributed by atoms with van der Waals surface area (Å²) < 4.78 is 5.67.